The number of hydrogen-bond acceptors (Lipinski definition) is 15. The number of ether oxygens (including phenoxy) is 4. The van der Waals surface area contributed by atoms with E-state index in [-0.39, 0.29) is 25.7 Å². The van der Waals surface area contributed by atoms with Crippen molar-refractivity contribution in [1.82, 2.24) is 0 Å². The first-order chi connectivity index (χ1) is 52.8. The summed E-state index contributed by atoms with van der Waals surface area (Å²) in [5, 5.41) is 10.7. The number of carbonyl (C=O) groups is 4. The van der Waals surface area contributed by atoms with Crippen molar-refractivity contribution in [3.63, 3.8) is 0 Å². The number of hydrogen-bond donors (Lipinski definition) is 3. The predicted molar refractivity (Wildman–Crippen MR) is 451 cm³/mol. The molecular formula is C90H176O17P2. The van der Waals surface area contributed by atoms with Gasteiger partial charge in [-0.1, -0.05) is 427 Å². The maximum atomic E-state index is 13.2. The Labute approximate surface area is 670 Å². The smallest absolute Gasteiger partial charge is 0.462 e. The molecule has 5 unspecified atom stereocenters. The van der Waals surface area contributed by atoms with Crippen molar-refractivity contribution >= 4 is 39.5 Å². The molecule has 0 radical (unpaired) electrons. The summed E-state index contributed by atoms with van der Waals surface area (Å²) in [6.07, 6.45) is 72.0. The van der Waals surface area contributed by atoms with Gasteiger partial charge >= 0.3 is 39.5 Å². The van der Waals surface area contributed by atoms with E-state index in [1.54, 1.807) is 0 Å². The molecule has 0 saturated carbocycles. The summed E-state index contributed by atoms with van der Waals surface area (Å²) in [4.78, 5) is 73.4. The summed E-state index contributed by atoms with van der Waals surface area (Å²) in [5.41, 5.74) is 0. The number of aliphatic hydroxyl groups excluding tert-OH is 1. The van der Waals surface area contributed by atoms with Crippen molar-refractivity contribution in [3.05, 3.63) is 0 Å². The molecule has 0 bridgehead atoms. The van der Waals surface area contributed by atoms with Gasteiger partial charge in [0.05, 0.1) is 26.4 Å². The maximum Gasteiger partial charge on any atom is 0.472 e. The minimum absolute atomic E-state index is 0.108. The molecule has 648 valence electrons. The Balaban J connectivity index is 5.24. The van der Waals surface area contributed by atoms with Gasteiger partial charge in [0.25, 0.3) is 0 Å². The van der Waals surface area contributed by atoms with E-state index in [1.807, 2.05) is 0 Å². The highest BCUT2D eigenvalue weighted by molar-refractivity contribution is 7.47. The van der Waals surface area contributed by atoms with Crippen molar-refractivity contribution in [2.45, 2.75) is 497 Å². The Morgan fingerprint density at radius 1 is 0.257 bits per heavy atom. The van der Waals surface area contributed by atoms with Crippen molar-refractivity contribution in [2.75, 3.05) is 39.6 Å². The highest BCUT2D eigenvalue weighted by Gasteiger charge is 2.31. The second-order valence-electron chi connectivity index (χ2n) is 33.1. The molecule has 0 heterocycles. The highest BCUT2D eigenvalue weighted by Crippen LogP contribution is 2.45. The predicted octanol–water partition coefficient (Wildman–Crippen LogP) is 27.6. The van der Waals surface area contributed by atoms with Crippen LogP contribution in [-0.4, -0.2) is 96.7 Å². The third-order valence-electron chi connectivity index (χ3n) is 22.2. The summed E-state index contributed by atoms with van der Waals surface area (Å²) in [5.74, 6) is 0.469. The Morgan fingerprint density at radius 2 is 0.440 bits per heavy atom. The van der Waals surface area contributed by atoms with Crippen molar-refractivity contribution in [3.8, 4) is 0 Å². The van der Waals surface area contributed by atoms with Crippen LogP contribution in [0, 0.1) is 17.8 Å². The molecule has 0 fully saturated rings. The molecule has 0 rings (SSSR count). The number of phosphoric ester groups is 2. The molecule has 0 spiro atoms. The van der Waals surface area contributed by atoms with Crippen LogP contribution in [0.5, 0.6) is 0 Å². The van der Waals surface area contributed by atoms with Crippen molar-refractivity contribution in [1.29, 1.82) is 0 Å². The van der Waals surface area contributed by atoms with E-state index in [0.717, 1.165) is 108 Å². The lowest BCUT2D eigenvalue weighted by atomic mass is 9.99. The molecule has 109 heavy (non-hydrogen) atoms. The number of carbonyl (C=O) groups excluding carboxylic acids is 4. The fourth-order valence-corrected chi connectivity index (χ4v) is 15.6. The van der Waals surface area contributed by atoms with Crippen LogP contribution in [0.2, 0.25) is 0 Å². The van der Waals surface area contributed by atoms with E-state index in [0.29, 0.717) is 25.7 Å². The molecular weight excluding hydrogens is 1410 g/mol. The van der Waals surface area contributed by atoms with Crippen LogP contribution >= 0.6 is 15.6 Å². The molecule has 0 aromatic heterocycles. The van der Waals surface area contributed by atoms with Gasteiger partial charge in [-0.05, 0) is 43.4 Å². The fourth-order valence-electron chi connectivity index (χ4n) is 14.0. The van der Waals surface area contributed by atoms with Gasteiger partial charge in [0.2, 0.25) is 0 Å². The van der Waals surface area contributed by atoms with Crippen LogP contribution in [0.4, 0.5) is 0 Å². The van der Waals surface area contributed by atoms with Crippen LogP contribution in [-0.2, 0) is 65.4 Å². The highest BCUT2D eigenvalue weighted by atomic mass is 31.2. The zero-order valence-corrected chi connectivity index (χ0v) is 73.8. The quantitative estimate of drug-likeness (QED) is 0.0222. The van der Waals surface area contributed by atoms with Gasteiger partial charge in [-0.2, -0.15) is 0 Å². The Morgan fingerprint density at radius 3 is 0.651 bits per heavy atom. The number of aliphatic hydroxyl groups is 1. The third kappa shape index (κ3) is 79.7. The Hall–Kier alpha value is -1.94. The monoisotopic (exact) mass is 1590 g/mol. The van der Waals surface area contributed by atoms with E-state index < -0.39 is 97.5 Å². The lowest BCUT2D eigenvalue weighted by molar-refractivity contribution is -0.161. The zero-order valence-electron chi connectivity index (χ0n) is 72.0. The third-order valence-corrected chi connectivity index (χ3v) is 24.1. The van der Waals surface area contributed by atoms with Gasteiger partial charge < -0.3 is 33.8 Å². The van der Waals surface area contributed by atoms with E-state index >= 15 is 0 Å². The SMILES string of the molecule is CCCCCCCCCCCCCC(=O)OC[C@H](COP(=O)(O)OC[C@H](O)COP(=O)(O)OC[C@@H](COC(=O)CCCCCCCCCCCCCCCCC(C)CC)OC(=O)CCCCCCCCCCCCCCCCCCCCC(C)CC)OC(=O)CCCCCCCCCCCCCCCCC(C)CC. The van der Waals surface area contributed by atoms with Gasteiger partial charge in [-0.15, -0.1) is 0 Å². The second kappa shape index (κ2) is 79.9. The van der Waals surface area contributed by atoms with Gasteiger partial charge in [0, 0.05) is 25.7 Å². The van der Waals surface area contributed by atoms with E-state index in [9.17, 15) is 43.2 Å². The summed E-state index contributed by atoms with van der Waals surface area (Å²) in [7, 11) is -9.93. The number of rotatable bonds is 88. The average molecular weight is 1590 g/mol. The molecule has 0 aliphatic heterocycles. The van der Waals surface area contributed by atoms with Gasteiger partial charge in [-0.3, -0.25) is 37.3 Å². The Kier molecular flexibility index (Phi) is 78.5. The summed E-state index contributed by atoms with van der Waals surface area (Å²) < 4.78 is 69.0. The lowest BCUT2D eigenvalue weighted by Crippen LogP contribution is -2.30. The zero-order chi connectivity index (χ0) is 80.0. The molecule has 0 amide bonds. The lowest BCUT2D eigenvalue weighted by Gasteiger charge is -2.21. The van der Waals surface area contributed by atoms with Crippen molar-refractivity contribution < 1.29 is 80.2 Å². The van der Waals surface area contributed by atoms with E-state index in [1.165, 1.54) is 289 Å². The normalized spacial score (nSPS) is 14.6. The fraction of sp³-hybridized carbons (Fsp3) is 0.956. The largest absolute Gasteiger partial charge is 0.472 e. The average Bonchev–Trinajstić information content (AvgIpc) is 0.915. The molecule has 0 saturated heterocycles. The second-order valence-corrected chi connectivity index (χ2v) is 36.0. The molecule has 0 aliphatic carbocycles. The van der Waals surface area contributed by atoms with Gasteiger partial charge in [-0.25, -0.2) is 9.13 Å². The number of esters is 4. The Bertz CT molecular complexity index is 2100. The van der Waals surface area contributed by atoms with Crippen LogP contribution < -0.4 is 0 Å². The van der Waals surface area contributed by atoms with Gasteiger partial charge in [0.1, 0.15) is 19.3 Å². The van der Waals surface area contributed by atoms with Crippen molar-refractivity contribution in [2.24, 2.45) is 17.8 Å². The van der Waals surface area contributed by atoms with Crippen LogP contribution in [0.3, 0.4) is 0 Å². The molecule has 19 heteroatoms. The molecule has 3 N–H and O–H groups in total. The molecule has 0 aliphatic rings. The molecule has 8 atom stereocenters. The van der Waals surface area contributed by atoms with Crippen LogP contribution in [0.25, 0.3) is 0 Å². The first-order valence-electron chi connectivity index (χ1n) is 46.5. The number of phosphoric acid groups is 2. The standard InChI is InChI=1S/C90H176O17P2/c1-8-12-13-14-15-16-33-43-50-57-64-71-87(92)100-77-85(106-90(95)74-67-60-53-46-39-32-26-24-29-36-42-49-56-63-70-83(7)11-4)79-104-108(96,97)102-75-84(91)76-103-109(98,99)105-80-86(78-101-88(93)72-65-58-51-44-37-30-25-23-28-35-41-48-55-62-69-82(6)10-3)107-89(94)73-66-59-52-45-38-31-22-20-18-17-19-21-27-34-40-47-54-61-68-81(5)9-2/h81-86,91H,8-80H2,1-7H3,(H,96,97)(H,98,99)/t81?,82?,83?,84-,85+,86+/m0/s1. The molecule has 0 aromatic rings. The first kappa shape index (κ1) is 107. The summed E-state index contributed by atoms with van der Waals surface area (Å²) >= 11 is 0. The molecule has 0 aromatic carbocycles. The topological polar surface area (TPSA) is 237 Å². The minimum atomic E-state index is -4.97. The van der Waals surface area contributed by atoms with Gasteiger partial charge in [0.15, 0.2) is 12.2 Å². The minimum Gasteiger partial charge on any atom is -0.462 e. The van der Waals surface area contributed by atoms with Crippen LogP contribution in [0.15, 0.2) is 0 Å². The van der Waals surface area contributed by atoms with E-state index in [2.05, 4.69) is 48.5 Å². The maximum absolute atomic E-state index is 13.2. The molecule has 17 nitrogen and oxygen atoms in total. The number of unbranched alkanes of at least 4 members (excludes halogenated alkanes) is 53. The first-order valence-corrected chi connectivity index (χ1v) is 49.5. The van der Waals surface area contributed by atoms with E-state index in [4.69, 9.17) is 37.0 Å². The summed E-state index contributed by atoms with van der Waals surface area (Å²) in [6, 6.07) is 0. The summed E-state index contributed by atoms with van der Waals surface area (Å²) in [6.45, 7) is 12.2. The van der Waals surface area contributed by atoms with Crippen LogP contribution in [0.1, 0.15) is 479 Å².